The lowest BCUT2D eigenvalue weighted by Gasteiger charge is -2.17. The van der Waals surface area contributed by atoms with Crippen LogP contribution in [0.5, 0.6) is 0 Å². The molecule has 0 aromatic heterocycles. The first-order valence-corrected chi connectivity index (χ1v) is 9.08. The van der Waals surface area contributed by atoms with Crippen LogP contribution in [-0.4, -0.2) is 62.9 Å². The van der Waals surface area contributed by atoms with Crippen LogP contribution in [0.25, 0.3) is 0 Å². The Kier molecular flexibility index (Phi) is 7.15. The molecule has 1 fully saturated rings. The minimum atomic E-state index is -0.227. The number of benzene rings is 1. The lowest BCUT2D eigenvalue weighted by molar-refractivity contribution is -0.862. The van der Waals surface area contributed by atoms with Crippen molar-refractivity contribution in [3.05, 3.63) is 29.8 Å². The van der Waals surface area contributed by atoms with Gasteiger partial charge in [-0.1, -0.05) is 25.0 Å². The summed E-state index contributed by atoms with van der Waals surface area (Å²) in [6.45, 7) is 0.391. The molecule has 1 aliphatic carbocycles. The summed E-state index contributed by atoms with van der Waals surface area (Å²) in [5.41, 5.74) is 0.967. The zero-order chi connectivity index (χ0) is 19.1. The highest BCUT2D eigenvalue weighted by Crippen LogP contribution is 2.20. The highest BCUT2D eigenvalue weighted by Gasteiger charge is 2.21. The molecule has 7 nitrogen and oxygen atoms in total. The van der Waals surface area contributed by atoms with E-state index in [1.807, 2.05) is 0 Å². The second-order valence-electron chi connectivity index (χ2n) is 7.15. The van der Waals surface area contributed by atoms with Gasteiger partial charge >= 0.3 is 0 Å². The molecular formula is C19H29N4O3+. The van der Waals surface area contributed by atoms with Crippen molar-refractivity contribution < 1.29 is 19.3 Å². The van der Waals surface area contributed by atoms with Gasteiger partial charge in [0.25, 0.3) is 17.7 Å². The Morgan fingerprint density at radius 1 is 1.12 bits per heavy atom. The van der Waals surface area contributed by atoms with E-state index in [0.29, 0.717) is 11.3 Å². The molecule has 0 aliphatic heterocycles. The summed E-state index contributed by atoms with van der Waals surface area (Å²) in [6.07, 6.45) is 4.30. The second-order valence-corrected chi connectivity index (χ2v) is 7.15. The number of likely N-dealkylation sites (N-methyl/N-ethyl adjacent to an activating group) is 2. The van der Waals surface area contributed by atoms with E-state index in [1.165, 1.54) is 4.90 Å². The fraction of sp³-hybridized carbons (Fsp3) is 0.526. The SMILES string of the molecule is CN(C)C(=O)C[NH+](C)CC(=O)Nc1ccccc1C(=O)NC1CCCC1. The molecule has 7 heteroatoms. The van der Waals surface area contributed by atoms with E-state index in [9.17, 15) is 14.4 Å². The monoisotopic (exact) mass is 361 g/mol. The Morgan fingerprint density at radius 3 is 2.42 bits per heavy atom. The highest BCUT2D eigenvalue weighted by atomic mass is 16.2. The van der Waals surface area contributed by atoms with Gasteiger partial charge in [-0.15, -0.1) is 0 Å². The first kappa shape index (κ1) is 19.9. The number of hydrogen-bond donors (Lipinski definition) is 3. The van der Waals surface area contributed by atoms with Gasteiger partial charge in [-0.3, -0.25) is 14.4 Å². The van der Waals surface area contributed by atoms with Crippen molar-refractivity contribution in [3.8, 4) is 0 Å². The number of quaternary nitrogens is 1. The standard InChI is InChI=1S/C19H28N4O3/c1-22(2)18(25)13-23(3)12-17(24)21-16-11-7-6-10-15(16)19(26)20-14-8-4-5-9-14/h6-7,10-11,14H,4-5,8-9,12-13H2,1-3H3,(H,20,26)(H,21,24)/p+1. The van der Waals surface area contributed by atoms with E-state index in [2.05, 4.69) is 10.6 Å². The Hall–Kier alpha value is -2.41. The van der Waals surface area contributed by atoms with Gasteiger partial charge in [-0.25, -0.2) is 0 Å². The minimum Gasteiger partial charge on any atom is -0.349 e. The van der Waals surface area contributed by atoms with E-state index >= 15 is 0 Å². The first-order chi connectivity index (χ1) is 12.4. The Bertz CT molecular complexity index is 654. The predicted octanol–water partition coefficient (Wildman–Crippen LogP) is -0.0996. The van der Waals surface area contributed by atoms with Crippen LogP contribution >= 0.6 is 0 Å². The summed E-state index contributed by atoms with van der Waals surface area (Å²) in [5.74, 6) is -0.418. The smallest absolute Gasteiger partial charge is 0.279 e. The van der Waals surface area contributed by atoms with E-state index < -0.39 is 0 Å². The molecule has 0 saturated heterocycles. The first-order valence-electron chi connectivity index (χ1n) is 9.08. The average molecular weight is 361 g/mol. The van der Waals surface area contributed by atoms with Gasteiger partial charge < -0.3 is 20.4 Å². The molecule has 3 amide bonds. The lowest BCUT2D eigenvalue weighted by Crippen LogP contribution is -3.11. The maximum absolute atomic E-state index is 12.5. The predicted molar refractivity (Wildman–Crippen MR) is 100 cm³/mol. The Labute approximate surface area is 154 Å². The van der Waals surface area contributed by atoms with E-state index in [0.717, 1.165) is 30.6 Å². The molecule has 1 saturated carbocycles. The number of carbonyl (C=O) groups is 3. The quantitative estimate of drug-likeness (QED) is 0.634. The van der Waals surface area contributed by atoms with Crippen molar-refractivity contribution >= 4 is 23.4 Å². The van der Waals surface area contributed by atoms with Crippen molar-refractivity contribution in [2.75, 3.05) is 39.5 Å². The van der Waals surface area contributed by atoms with Crippen LogP contribution in [0.2, 0.25) is 0 Å². The third kappa shape index (κ3) is 5.84. The molecule has 0 heterocycles. The fourth-order valence-corrected chi connectivity index (χ4v) is 3.07. The van der Waals surface area contributed by atoms with Gasteiger partial charge in [0.2, 0.25) is 0 Å². The molecule has 1 aromatic rings. The normalized spacial score (nSPS) is 15.3. The van der Waals surface area contributed by atoms with Crippen LogP contribution in [0.3, 0.4) is 0 Å². The van der Waals surface area contributed by atoms with E-state index in [4.69, 9.17) is 0 Å². The van der Waals surface area contributed by atoms with Crippen LogP contribution in [0.15, 0.2) is 24.3 Å². The van der Waals surface area contributed by atoms with E-state index in [-0.39, 0.29) is 36.9 Å². The Morgan fingerprint density at radius 2 is 1.77 bits per heavy atom. The molecule has 142 valence electrons. The third-order valence-corrected chi connectivity index (χ3v) is 4.55. The molecule has 0 spiro atoms. The van der Waals surface area contributed by atoms with Crippen LogP contribution in [0, 0.1) is 0 Å². The van der Waals surface area contributed by atoms with Gasteiger partial charge in [0.15, 0.2) is 13.1 Å². The molecular weight excluding hydrogens is 332 g/mol. The zero-order valence-electron chi connectivity index (χ0n) is 15.8. The number of nitrogens with one attached hydrogen (secondary N) is 3. The zero-order valence-corrected chi connectivity index (χ0v) is 15.8. The van der Waals surface area contributed by atoms with Crippen molar-refractivity contribution in [3.63, 3.8) is 0 Å². The molecule has 2 rings (SSSR count). The number of rotatable bonds is 7. The summed E-state index contributed by atoms with van der Waals surface area (Å²) >= 11 is 0. The van der Waals surface area contributed by atoms with Crippen molar-refractivity contribution in [2.45, 2.75) is 31.7 Å². The van der Waals surface area contributed by atoms with E-state index in [1.54, 1.807) is 45.4 Å². The molecule has 1 atom stereocenters. The van der Waals surface area contributed by atoms with Crippen molar-refractivity contribution in [1.82, 2.24) is 10.2 Å². The summed E-state index contributed by atoms with van der Waals surface area (Å²) in [6, 6.07) is 7.23. The molecule has 1 aliphatic rings. The molecule has 0 radical (unpaired) electrons. The molecule has 3 N–H and O–H groups in total. The second kappa shape index (κ2) is 9.33. The number of amides is 3. The van der Waals surface area contributed by atoms with Gasteiger partial charge in [-0.2, -0.15) is 0 Å². The largest absolute Gasteiger partial charge is 0.349 e. The summed E-state index contributed by atoms with van der Waals surface area (Å²) < 4.78 is 0. The maximum atomic E-state index is 12.5. The third-order valence-electron chi connectivity index (χ3n) is 4.55. The average Bonchev–Trinajstić information content (AvgIpc) is 3.07. The van der Waals surface area contributed by atoms with Crippen LogP contribution < -0.4 is 15.5 Å². The van der Waals surface area contributed by atoms with Gasteiger partial charge in [-0.05, 0) is 25.0 Å². The molecule has 26 heavy (non-hydrogen) atoms. The lowest BCUT2D eigenvalue weighted by atomic mass is 10.1. The Balaban J connectivity index is 1.95. The number of anilines is 1. The molecule has 1 aromatic carbocycles. The number of carbonyl (C=O) groups excluding carboxylic acids is 3. The van der Waals surface area contributed by atoms with Gasteiger partial charge in [0, 0.05) is 20.1 Å². The van der Waals surface area contributed by atoms with Crippen LogP contribution in [0.4, 0.5) is 5.69 Å². The van der Waals surface area contributed by atoms with Gasteiger partial charge in [0.05, 0.1) is 18.3 Å². The number of para-hydroxylation sites is 1. The minimum absolute atomic E-state index is 0.0355. The molecule has 0 bridgehead atoms. The summed E-state index contributed by atoms with van der Waals surface area (Å²) in [7, 11) is 5.17. The maximum Gasteiger partial charge on any atom is 0.279 e. The van der Waals surface area contributed by atoms with Gasteiger partial charge in [0.1, 0.15) is 0 Å². The fourth-order valence-electron chi connectivity index (χ4n) is 3.07. The number of nitrogens with zero attached hydrogens (tertiary/aromatic N) is 1. The van der Waals surface area contributed by atoms with Crippen LogP contribution in [-0.2, 0) is 9.59 Å². The number of hydrogen-bond acceptors (Lipinski definition) is 3. The summed E-state index contributed by atoms with van der Waals surface area (Å²) in [4.78, 5) is 38.8. The summed E-state index contributed by atoms with van der Waals surface area (Å²) in [5, 5.41) is 5.85. The highest BCUT2D eigenvalue weighted by molar-refractivity contribution is 6.04. The van der Waals surface area contributed by atoms with Crippen LogP contribution in [0.1, 0.15) is 36.0 Å². The van der Waals surface area contributed by atoms with Crippen molar-refractivity contribution in [1.29, 1.82) is 0 Å². The molecule has 1 unspecified atom stereocenters. The topological polar surface area (TPSA) is 83.0 Å². The van der Waals surface area contributed by atoms with Crippen molar-refractivity contribution in [2.24, 2.45) is 0 Å².